The summed E-state index contributed by atoms with van der Waals surface area (Å²) < 4.78 is 10.7. The summed E-state index contributed by atoms with van der Waals surface area (Å²) in [6, 6.07) is 0.147. The molecule has 77 heavy (non-hydrogen) atoms. The third-order valence-electron chi connectivity index (χ3n) is 19.8. The number of hydrogen-bond donors (Lipinski definition) is 5. The Morgan fingerprint density at radius 1 is 0.506 bits per heavy atom. The Bertz CT molecular complexity index is 2060. The summed E-state index contributed by atoms with van der Waals surface area (Å²) in [6.45, 7) is 16.9. The molecule has 3 saturated heterocycles. The number of urea groups is 2. The summed E-state index contributed by atoms with van der Waals surface area (Å²) >= 11 is 0. The average Bonchev–Trinajstić information content (AvgIpc) is 3.31. The van der Waals surface area contributed by atoms with Crippen LogP contribution in [0.5, 0.6) is 0 Å². The highest BCUT2D eigenvalue weighted by Gasteiger charge is 2.54. The minimum absolute atomic E-state index is 0.000167. The Morgan fingerprint density at radius 3 is 1.17 bits per heavy atom. The van der Waals surface area contributed by atoms with Gasteiger partial charge in [0.15, 0.2) is 0 Å². The lowest BCUT2D eigenvalue weighted by molar-refractivity contribution is -0.130. The maximum atomic E-state index is 12.7. The number of carbonyl (C=O) groups excluding carboxylic acids is 6. The van der Waals surface area contributed by atoms with E-state index in [2.05, 4.69) is 26.3 Å². The highest BCUT2D eigenvalue weighted by Crippen LogP contribution is 2.58. The quantitative estimate of drug-likeness (QED) is 0.131. The number of hydrogen-bond acceptors (Lipinski definition) is 10. The number of carbonyl (C=O) groups is 5. The number of amides is 7. The molecule has 15 fully saturated rings. The number of ether oxygens (including phenoxy) is 2. The molecule has 3 atom stereocenters. The number of likely N-dealkylation sites (tertiary alicyclic amines) is 3. The largest absolute Gasteiger partial charge is 0.444 e. The maximum absolute atomic E-state index is 12.7. The summed E-state index contributed by atoms with van der Waals surface area (Å²) in [7, 11) is 0. The summed E-state index contributed by atoms with van der Waals surface area (Å²) in [4.78, 5) is 80.5. The molecule has 12 bridgehead atoms. The first kappa shape index (κ1) is 57.6. The average molecular weight is 1070 g/mol. The van der Waals surface area contributed by atoms with Crippen molar-refractivity contribution in [3.05, 3.63) is 0 Å². The molecule has 15 aliphatic rings. The van der Waals surface area contributed by atoms with E-state index in [-0.39, 0.29) is 64.9 Å². The van der Waals surface area contributed by atoms with Gasteiger partial charge in [-0.2, -0.15) is 4.99 Å². The lowest BCUT2D eigenvalue weighted by Crippen LogP contribution is -2.63. The van der Waals surface area contributed by atoms with Crippen LogP contribution in [-0.4, -0.2) is 136 Å². The van der Waals surface area contributed by atoms with E-state index in [0.717, 1.165) is 124 Å². The van der Waals surface area contributed by atoms with E-state index in [1.807, 2.05) is 46.4 Å². The number of rotatable bonds is 5. The van der Waals surface area contributed by atoms with E-state index in [1.165, 1.54) is 96.3 Å². The van der Waals surface area contributed by atoms with Gasteiger partial charge in [0.1, 0.15) is 11.2 Å². The van der Waals surface area contributed by atoms with Crippen LogP contribution >= 0.6 is 0 Å². The Morgan fingerprint density at radius 2 is 0.831 bits per heavy atom. The number of nitrogens with two attached hydrogens (primary N) is 1. The highest BCUT2D eigenvalue weighted by atomic mass is 16.6. The summed E-state index contributed by atoms with van der Waals surface area (Å²) in [5, 5.41) is 13.0. The number of isocyanates is 1. The molecule has 0 radical (unpaired) electrons. The van der Waals surface area contributed by atoms with Crippen LogP contribution in [0.1, 0.15) is 203 Å². The second-order valence-corrected chi connectivity index (χ2v) is 29.3. The molecule has 0 aromatic heterocycles. The van der Waals surface area contributed by atoms with Gasteiger partial charge in [0.25, 0.3) is 0 Å². The molecule has 12 saturated carbocycles. The fraction of sp³-hybridized carbons (Fsp3) is 0.900. The SMILES string of the molecule is CC(=O)N1CCCC(NC(=O)NC23CC4CC(CC(C4)C2)C3)C1.CC(C)(C)OC(=O)N1CCCC(N)C1.CC(C)(C)OC(=O)N1CCCC(NC(=O)NC23CC4CC(CC(C4)C2)C3)C1.O=C=NC12CC3CC(CC(C3)C1)C2. The molecule has 3 aliphatic heterocycles. The molecule has 432 valence electrons. The molecule has 3 heterocycles. The molecule has 7 amide bonds. The fourth-order valence-corrected chi connectivity index (χ4v) is 18.2. The molecule has 17 nitrogen and oxygen atoms in total. The van der Waals surface area contributed by atoms with Gasteiger partial charge in [-0.1, -0.05) is 0 Å². The zero-order valence-corrected chi connectivity index (χ0v) is 48.3. The first-order valence-corrected chi connectivity index (χ1v) is 30.6. The Balaban J connectivity index is 0.000000131. The number of piperidine rings is 3. The molecule has 3 unspecified atom stereocenters. The van der Waals surface area contributed by atoms with Gasteiger partial charge >= 0.3 is 24.2 Å². The molecular formula is C60H99N9O8. The van der Waals surface area contributed by atoms with Crippen molar-refractivity contribution in [1.82, 2.24) is 36.0 Å². The highest BCUT2D eigenvalue weighted by molar-refractivity contribution is 5.77. The van der Waals surface area contributed by atoms with Crippen molar-refractivity contribution < 1.29 is 38.2 Å². The third-order valence-corrected chi connectivity index (χ3v) is 19.8. The Kier molecular flexibility index (Phi) is 17.6. The number of aliphatic imine (C=N–C) groups is 1. The minimum Gasteiger partial charge on any atom is -0.444 e. The van der Waals surface area contributed by atoms with E-state index < -0.39 is 11.2 Å². The summed E-state index contributed by atoms with van der Waals surface area (Å²) in [5.74, 6) is 7.70. The number of nitrogens with zero attached hydrogens (tertiary/aromatic N) is 4. The lowest BCUT2D eigenvalue weighted by Gasteiger charge is -2.56. The van der Waals surface area contributed by atoms with Crippen molar-refractivity contribution in [1.29, 1.82) is 0 Å². The normalized spacial score (nSPS) is 38.7. The third kappa shape index (κ3) is 15.4. The van der Waals surface area contributed by atoms with Crippen molar-refractivity contribution in [2.75, 3.05) is 39.3 Å². The van der Waals surface area contributed by atoms with Crippen molar-refractivity contribution in [3.63, 3.8) is 0 Å². The van der Waals surface area contributed by atoms with E-state index in [0.29, 0.717) is 26.2 Å². The van der Waals surface area contributed by atoms with Crippen LogP contribution in [0.4, 0.5) is 19.2 Å². The van der Waals surface area contributed by atoms with Gasteiger partial charge in [-0.05, 0) is 249 Å². The molecular weight excluding hydrogens is 975 g/mol. The molecule has 12 aliphatic carbocycles. The Hall–Kier alpha value is -4.11. The second kappa shape index (κ2) is 23.5. The van der Waals surface area contributed by atoms with Crippen LogP contribution in [-0.2, 0) is 19.1 Å². The van der Waals surface area contributed by atoms with Gasteiger partial charge in [-0.15, -0.1) is 0 Å². The predicted molar refractivity (Wildman–Crippen MR) is 295 cm³/mol. The van der Waals surface area contributed by atoms with Crippen LogP contribution in [0.3, 0.4) is 0 Å². The van der Waals surface area contributed by atoms with Crippen molar-refractivity contribution in [2.45, 2.75) is 249 Å². The first-order valence-electron chi connectivity index (χ1n) is 30.6. The van der Waals surface area contributed by atoms with Crippen LogP contribution in [0, 0.1) is 53.3 Å². The molecule has 0 aromatic rings. The molecule has 17 heteroatoms. The summed E-state index contributed by atoms with van der Waals surface area (Å²) in [5.41, 5.74) is 5.01. The summed E-state index contributed by atoms with van der Waals surface area (Å²) in [6.07, 6.45) is 30.0. The predicted octanol–water partition coefficient (Wildman–Crippen LogP) is 9.55. The van der Waals surface area contributed by atoms with Gasteiger partial charge in [0, 0.05) is 75.4 Å². The monoisotopic (exact) mass is 1070 g/mol. The maximum Gasteiger partial charge on any atom is 0.410 e. The van der Waals surface area contributed by atoms with E-state index >= 15 is 0 Å². The van der Waals surface area contributed by atoms with E-state index in [4.69, 9.17) is 15.2 Å². The minimum atomic E-state index is -0.493. The first-order chi connectivity index (χ1) is 36.4. The van der Waals surface area contributed by atoms with Crippen LogP contribution in [0.15, 0.2) is 4.99 Å². The second-order valence-electron chi connectivity index (χ2n) is 29.3. The van der Waals surface area contributed by atoms with Crippen LogP contribution < -0.4 is 27.0 Å². The standard InChI is InChI=1S/C21H35N3O3.C18H29N3O2.C11H15NO.C10H20N2O2/c1-20(2,3)27-19(26)24-6-4-5-17(13-24)22-18(25)23-21-10-14-7-15(11-21)9-16(8-14)12-21;1-12(22)21-4-2-3-16(11-21)19-17(23)20-18-8-13-5-14(9-18)7-15(6-13)10-18;13-7-12-11-4-8-1-9(5-11)3-10(2-8)6-11;1-10(2,3)14-9(13)12-6-4-5-8(11)7-12/h14-17H,4-13H2,1-3H3,(H2,22,23,25);13-16H,2-11H2,1H3,(H2,19,20,23);8-10H,1-6H2;8H,4-7,11H2,1-3H3. The molecule has 15 rings (SSSR count). The number of nitrogens with one attached hydrogen (secondary N) is 4. The van der Waals surface area contributed by atoms with Gasteiger partial charge in [0.2, 0.25) is 12.0 Å². The molecule has 0 aromatic carbocycles. The van der Waals surface area contributed by atoms with Crippen molar-refractivity contribution >= 4 is 36.2 Å². The van der Waals surface area contributed by atoms with Crippen LogP contribution in [0.25, 0.3) is 0 Å². The van der Waals surface area contributed by atoms with E-state index in [1.54, 1.807) is 22.8 Å². The Labute approximate surface area is 460 Å². The van der Waals surface area contributed by atoms with Gasteiger partial charge in [-0.3, -0.25) is 4.79 Å². The topological polar surface area (TPSA) is 217 Å². The smallest absolute Gasteiger partial charge is 0.410 e. The lowest BCUT2D eigenvalue weighted by atomic mass is 9.53. The van der Waals surface area contributed by atoms with Crippen LogP contribution in [0.2, 0.25) is 0 Å². The van der Waals surface area contributed by atoms with Gasteiger partial charge in [0.05, 0.1) is 5.54 Å². The van der Waals surface area contributed by atoms with E-state index in [9.17, 15) is 28.8 Å². The zero-order chi connectivity index (χ0) is 54.9. The van der Waals surface area contributed by atoms with Crippen molar-refractivity contribution in [2.24, 2.45) is 64.0 Å². The van der Waals surface area contributed by atoms with Crippen molar-refractivity contribution in [3.8, 4) is 0 Å². The fourth-order valence-electron chi connectivity index (χ4n) is 18.2. The molecule has 0 spiro atoms. The zero-order valence-electron chi connectivity index (χ0n) is 48.3. The van der Waals surface area contributed by atoms with Gasteiger partial charge < -0.3 is 51.2 Å². The van der Waals surface area contributed by atoms with Gasteiger partial charge in [-0.25, -0.2) is 24.0 Å². The molecule has 6 N–H and O–H groups in total.